The first kappa shape index (κ1) is 28.7. The van der Waals surface area contributed by atoms with Gasteiger partial charge in [-0.2, -0.15) is 5.10 Å². The fraction of sp³-hybridized carbons (Fsp3) is 0.226. The van der Waals surface area contributed by atoms with Gasteiger partial charge in [-0.15, -0.1) is 0 Å². The predicted molar refractivity (Wildman–Crippen MR) is 165 cm³/mol. The highest BCUT2D eigenvalue weighted by atomic mass is 19.1. The molecule has 224 valence electrons. The summed E-state index contributed by atoms with van der Waals surface area (Å²) >= 11 is 0. The summed E-state index contributed by atoms with van der Waals surface area (Å²) in [5.41, 5.74) is 4.29. The van der Waals surface area contributed by atoms with Gasteiger partial charge in [0.05, 0.1) is 30.5 Å². The molecular weight excluding hydrogens is 565 g/mol. The first-order valence-corrected chi connectivity index (χ1v) is 13.9. The summed E-state index contributed by atoms with van der Waals surface area (Å²) in [6, 6.07) is 12.2. The van der Waals surface area contributed by atoms with E-state index >= 15 is 4.39 Å². The second-order valence-corrected chi connectivity index (χ2v) is 10.5. The zero-order valence-corrected chi connectivity index (χ0v) is 24.4. The summed E-state index contributed by atoms with van der Waals surface area (Å²) in [5.74, 6) is 0.0579. The highest BCUT2D eigenvalue weighted by molar-refractivity contribution is 6.00. The highest BCUT2D eigenvalue weighted by Gasteiger charge is 2.21. The van der Waals surface area contributed by atoms with Crippen molar-refractivity contribution in [1.82, 2.24) is 29.6 Å². The van der Waals surface area contributed by atoms with Gasteiger partial charge in [-0.3, -0.25) is 14.5 Å². The van der Waals surface area contributed by atoms with Crippen molar-refractivity contribution in [1.29, 1.82) is 0 Å². The molecule has 44 heavy (non-hydrogen) atoms. The minimum atomic E-state index is -0.599. The molecule has 1 saturated heterocycles. The Morgan fingerprint density at radius 2 is 1.66 bits per heavy atom. The minimum absolute atomic E-state index is 0.144. The number of benzene rings is 2. The molecule has 0 aliphatic carbocycles. The van der Waals surface area contributed by atoms with E-state index in [1.807, 2.05) is 19.3 Å². The van der Waals surface area contributed by atoms with E-state index in [2.05, 4.69) is 25.6 Å². The number of halogens is 1. The number of hydrogen-bond acceptors (Lipinski definition) is 8. The molecule has 2 aromatic carbocycles. The van der Waals surface area contributed by atoms with Gasteiger partial charge in [0.15, 0.2) is 11.6 Å². The molecule has 0 unspecified atom stereocenters. The predicted octanol–water partition coefficient (Wildman–Crippen LogP) is 4.41. The molecule has 0 atom stereocenters. The van der Waals surface area contributed by atoms with E-state index in [1.54, 1.807) is 61.5 Å². The summed E-state index contributed by atoms with van der Waals surface area (Å²) in [4.78, 5) is 42.4. The van der Waals surface area contributed by atoms with Crippen molar-refractivity contribution < 1.29 is 18.7 Å². The number of nitrogens with zero attached hydrogens (tertiary/aromatic N) is 7. The average Bonchev–Trinajstić information content (AvgIpc) is 3.47. The SMILES string of the molecule is CN(C)C(=O)c1ccc(NC(=O)Nc2ccc(-c3nc(N4CCOCC4)c4ncc(-c5cnn(C)c5)cc4n3)c(F)c2)cc1. The van der Waals surface area contributed by atoms with Crippen molar-refractivity contribution in [2.24, 2.45) is 7.05 Å². The molecule has 3 aromatic heterocycles. The molecule has 12 nitrogen and oxygen atoms in total. The van der Waals surface area contributed by atoms with Crippen molar-refractivity contribution in [3.8, 4) is 22.5 Å². The maximum atomic E-state index is 15.6. The van der Waals surface area contributed by atoms with Gasteiger partial charge < -0.3 is 25.2 Å². The number of pyridine rings is 1. The van der Waals surface area contributed by atoms with Gasteiger partial charge in [-0.05, 0) is 48.5 Å². The quantitative estimate of drug-likeness (QED) is 0.295. The van der Waals surface area contributed by atoms with Crippen LogP contribution in [0.4, 0.5) is 26.4 Å². The van der Waals surface area contributed by atoms with Crippen molar-refractivity contribution in [3.63, 3.8) is 0 Å². The number of morpholine rings is 1. The molecule has 0 saturated carbocycles. The third-order valence-electron chi connectivity index (χ3n) is 7.13. The standard InChI is InChI=1S/C31H30FN9O3/c1-39(2)30(42)19-4-6-22(7-5-19)35-31(43)36-23-8-9-24(25(32)15-23)28-37-26-14-20(21-17-34-40(3)18-21)16-33-27(26)29(38-28)41-10-12-44-13-11-41/h4-9,14-18H,10-13H2,1-3H3,(H2,35,36,43). The molecule has 4 heterocycles. The minimum Gasteiger partial charge on any atom is -0.378 e. The summed E-state index contributed by atoms with van der Waals surface area (Å²) < 4.78 is 22.8. The molecule has 2 N–H and O–H groups in total. The van der Waals surface area contributed by atoms with Crippen LogP contribution in [-0.4, -0.2) is 82.0 Å². The Hall–Kier alpha value is -5.43. The fourth-order valence-electron chi connectivity index (χ4n) is 4.87. The molecule has 5 aromatic rings. The molecule has 6 rings (SSSR count). The van der Waals surface area contributed by atoms with Crippen LogP contribution in [0.25, 0.3) is 33.5 Å². The van der Waals surface area contributed by atoms with Crippen LogP contribution in [0.1, 0.15) is 10.4 Å². The van der Waals surface area contributed by atoms with Gasteiger partial charge in [0.2, 0.25) is 0 Å². The molecule has 0 spiro atoms. The lowest BCUT2D eigenvalue weighted by atomic mass is 10.1. The molecule has 0 radical (unpaired) electrons. The van der Waals surface area contributed by atoms with Crippen LogP contribution >= 0.6 is 0 Å². The first-order valence-electron chi connectivity index (χ1n) is 13.9. The van der Waals surface area contributed by atoms with E-state index in [0.29, 0.717) is 54.4 Å². The lowest BCUT2D eigenvalue weighted by Crippen LogP contribution is -2.37. The summed E-state index contributed by atoms with van der Waals surface area (Å²) in [6.45, 7) is 2.33. The number of nitrogens with one attached hydrogen (secondary N) is 2. The van der Waals surface area contributed by atoms with Crippen LogP contribution in [0.3, 0.4) is 0 Å². The Balaban J connectivity index is 1.26. The normalized spacial score (nSPS) is 13.1. The van der Waals surface area contributed by atoms with E-state index in [9.17, 15) is 9.59 Å². The summed E-state index contributed by atoms with van der Waals surface area (Å²) in [5, 5.41) is 9.57. The Morgan fingerprint density at radius 1 is 0.932 bits per heavy atom. The van der Waals surface area contributed by atoms with Crippen molar-refractivity contribution in [2.45, 2.75) is 0 Å². The molecule has 1 aliphatic heterocycles. The van der Waals surface area contributed by atoms with E-state index in [-0.39, 0.29) is 23.0 Å². The van der Waals surface area contributed by atoms with Gasteiger partial charge in [0.1, 0.15) is 11.3 Å². The van der Waals surface area contributed by atoms with E-state index in [0.717, 1.165) is 11.1 Å². The van der Waals surface area contributed by atoms with Crippen LogP contribution in [0, 0.1) is 5.82 Å². The lowest BCUT2D eigenvalue weighted by molar-refractivity contribution is 0.0827. The van der Waals surface area contributed by atoms with Gasteiger partial charge in [0.25, 0.3) is 5.91 Å². The topological polar surface area (TPSA) is 130 Å². The number of ether oxygens (including phenoxy) is 1. The second kappa shape index (κ2) is 12.1. The lowest BCUT2D eigenvalue weighted by Gasteiger charge is -2.28. The average molecular weight is 596 g/mol. The number of fused-ring (bicyclic) bond motifs is 1. The molecular formula is C31H30FN9O3. The molecule has 13 heteroatoms. The molecule has 1 fully saturated rings. The van der Waals surface area contributed by atoms with E-state index < -0.39 is 11.8 Å². The number of urea groups is 1. The van der Waals surface area contributed by atoms with Crippen LogP contribution in [0.15, 0.2) is 67.1 Å². The molecule has 0 bridgehead atoms. The van der Waals surface area contributed by atoms with Crippen LogP contribution in [0.2, 0.25) is 0 Å². The van der Waals surface area contributed by atoms with Gasteiger partial charge in [-0.25, -0.2) is 19.2 Å². The van der Waals surface area contributed by atoms with E-state index in [1.165, 1.54) is 17.0 Å². The third kappa shape index (κ3) is 6.03. The fourth-order valence-corrected chi connectivity index (χ4v) is 4.87. The number of anilines is 3. The number of amides is 3. The highest BCUT2D eigenvalue weighted by Crippen LogP contribution is 2.31. The van der Waals surface area contributed by atoms with Crippen molar-refractivity contribution >= 4 is 40.2 Å². The third-order valence-corrected chi connectivity index (χ3v) is 7.13. The number of hydrogen-bond donors (Lipinski definition) is 2. The van der Waals surface area contributed by atoms with Crippen LogP contribution < -0.4 is 15.5 Å². The van der Waals surface area contributed by atoms with Gasteiger partial charge >= 0.3 is 6.03 Å². The van der Waals surface area contributed by atoms with Gasteiger partial charge in [0, 0.05) is 74.7 Å². The number of carbonyl (C=O) groups excluding carboxylic acids is 2. The second-order valence-electron chi connectivity index (χ2n) is 10.5. The van der Waals surface area contributed by atoms with E-state index in [4.69, 9.17) is 14.7 Å². The van der Waals surface area contributed by atoms with Crippen LogP contribution in [-0.2, 0) is 11.8 Å². The largest absolute Gasteiger partial charge is 0.378 e. The van der Waals surface area contributed by atoms with Gasteiger partial charge in [-0.1, -0.05) is 0 Å². The zero-order valence-electron chi connectivity index (χ0n) is 24.4. The van der Waals surface area contributed by atoms with Crippen molar-refractivity contribution in [2.75, 3.05) is 55.9 Å². The maximum Gasteiger partial charge on any atom is 0.323 e. The Labute approximate surface area is 252 Å². The van der Waals surface area contributed by atoms with Crippen LogP contribution in [0.5, 0.6) is 0 Å². The maximum absolute atomic E-state index is 15.6. The smallest absolute Gasteiger partial charge is 0.323 e. The molecule has 1 aliphatic rings. The first-order chi connectivity index (χ1) is 21.2. The monoisotopic (exact) mass is 595 g/mol. The number of aromatic nitrogens is 5. The number of aryl methyl sites for hydroxylation is 1. The number of rotatable bonds is 6. The zero-order chi connectivity index (χ0) is 30.8. The van der Waals surface area contributed by atoms with Crippen molar-refractivity contribution in [3.05, 3.63) is 78.5 Å². The summed E-state index contributed by atoms with van der Waals surface area (Å²) in [7, 11) is 5.17. The Bertz CT molecular complexity index is 1850. The Morgan fingerprint density at radius 3 is 2.34 bits per heavy atom. The Kier molecular flexibility index (Phi) is 7.85. The molecule has 3 amide bonds. The number of carbonyl (C=O) groups is 2. The summed E-state index contributed by atoms with van der Waals surface area (Å²) in [6.07, 6.45) is 5.39.